The van der Waals surface area contributed by atoms with Gasteiger partial charge < -0.3 is 10.5 Å². The Morgan fingerprint density at radius 2 is 2.53 bits per heavy atom. The normalized spacial score (nSPS) is 21.0. The van der Waals surface area contributed by atoms with Crippen molar-refractivity contribution in [3.8, 4) is 0 Å². The van der Waals surface area contributed by atoms with Crippen molar-refractivity contribution in [3.63, 3.8) is 0 Å². The maximum atomic E-state index is 5.57. The van der Waals surface area contributed by atoms with E-state index in [4.69, 9.17) is 10.5 Å². The first-order valence-corrected chi connectivity index (χ1v) is 5.71. The summed E-state index contributed by atoms with van der Waals surface area (Å²) in [6.45, 7) is 2.55. The highest BCUT2D eigenvalue weighted by molar-refractivity contribution is 5.03. The monoisotopic (exact) mass is 209 g/mol. The lowest BCUT2D eigenvalue weighted by molar-refractivity contribution is 0.0940. The molecule has 0 amide bonds. The topological polar surface area (TPSA) is 53.1 Å². The van der Waals surface area contributed by atoms with Crippen molar-refractivity contribution in [1.82, 2.24) is 9.78 Å². The van der Waals surface area contributed by atoms with E-state index in [2.05, 4.69) is 11.3 Å². The molecule has 0 unspecified atom stereocenters. The molecule has 1 fully saturated rings. The molecular weight excluding hydrogens is 190 g/mol. The van der Waals surface area contributed by atoms with Crippen LogP contribution < -0.4 is 5.73 Å². The van der Waals surface area contributed by atoms with Crippen molar-refractivity contribution in [2.75, 3.05) is 13.2 Å². The van der Waals surface area contributed by atoms with Gasteiger partial charge in [0.15, 0.2) is 0 Å². The molecule has 2 rings (SSSR count). The minimum Gasteiger partial charge on any atom is -0.376 e. The molecule has 4 heteroatoms. The average molecular weight is 209 g/mol. The van der Waals surface area contributed by atoms with Crippen molar-refractivity contribution in [2.24, 2.45) is 5.73 Å². The summed E-state index contributed by atoms with van der Waals surface area (Å²) < 4.78 is 7.55. The molecule has 1 saturated heterocycles. The second-order valence-corrected chi connectivity index (χ2v) is 4.10. The van der Waals surface area contributed by atoms with E-state index < -0.39 is 0 Å². The van der Waals surface area contributed by atoms with Gasteiger partial charge in [0.2, 0.25) is 0 Å². The van der Waals surface area contributed by atoms with Crippen LogP contribution in [-0.2, 0) is 17.7 Å². The maximum absolute atomic E-state index is 5.57. The van der Waals surface area contributed by atoms with Crippen LogP contribution >= 0.6 is 0 Å². The molecule has 1 atom stereocenters. The second kappa shape index (κ2) is 5.28. The van der Waals surface area contributed by atoms with Crippen LogP contribution in [0.25, 0.3) is 0 Å². The van der Waals surface area contributed by atoms with Crippen molar-refractivity contribution < 1.29 is 4.74 Å². The Bertz CT molecular complexity index is 292. The lowest BCUT2D eigenvalue weighted by atomic mass is 10.2. The molecule has 0 radical (unpaired) electrons. The first kappa shape index (κ1) is 10.6. The van der Waals surface area contributed by atoms with Crippen molar-refractivity contribution >= 4 is 0 Å². The molecular formula is C11H19N3O. The van der Waals surface area contributed by atoms with Crippen LogP contribution in [0.3, 0.4) is 0 Å². The average Bonchev–Trinajstić information content (AvgIpc) is 2.87. The van der Waals surface area contributed by atoms with E-state index in [0.717, 1.165) is 39.0 Å². The predicted molar refractivity (Wildman–Crippen MR) is 58.6 cm³/mol. The number of nitrogens with two attached hydrogens (primary N) is 1. The van der Waals surface area contributed by atoms with E-state index in [1.807, 2.05) is 10.9 Å². The molecule has 0 bridgehead atoms. The lowest BCUT2D eigenvalue weighted by Gasteiger charge is -2.08. The number of hydrogen-bond acceptors (Lipinski definition) is 3. The molecule has 0 aromatic carbocycles. The fraction of sp³-hybridized carbons (Fsp3) is 0.727. The molecule has 2 N–H and O–H groups in total. The lowest BCUT2D eigenvalue weighted by Crippen LogP contribution is -2.15. The summed E-state index contributed by atoms with van der Waals surface area (Å²) in [5.74, 6) is 0. The van der Waals surface area contributed by atoms with Gasteiger partial charge in [-0.15, -0.1) is 0 Å². The third-order valence-corrected chi connectivity index (χ3v) is 2.77. The maximum Gasteiger partial charge on any atom is 0.0771 e. The number of hydrogen-bond donors (Lipinski definition) is 1. The molecule has 1 aliphatic heterocycles. The van der Waals surface area contributed by atoms with Crippen LogP contribution in [0.5, 0.6) is 0 Å². The Kier molecular flexibility index (Phi) is 3.75. The first-order chi connectivity index (χ1) is 7.38. The summed E-state index contributed by atoms with van der Waals surface area (Å²) in [6, 6.07) is 0. The van der Waals surface area contributed by atoms with Crippen LogP contribution in [0.4, 0.5) is 0 Å². The molecule has 1 aliphatic rings. The fourth-order valence-electron chi connectivity index (χ4n) is 1.94. The number of aryl methyl sites for hydroxylation is 1. The largest absolute Gasteiger partial charge is 0.376 e. The number of nitrogens with zero attached hydrogens (tertiary/aromatic N) is 2. The van der Waals surface area contributed by atoms with Crippen molar-refractivity contribution in [3.05, 3.63) is 18.0 Å². The van der Waals surface area contributed by atoms with Gasteiger partial charge >= 0.3 is 0 Å². The van der Waals surface area contributed by atoms with E-state index >= 15 is 0 Å². The third-order valence-electron chi connectivity index (χ3n) is 2.77. The summed E-state index contributed by atoms with van der Waals surface area (Å²) in [5, 5.41) is 4.33. The van der Waals surface area contributed by atoms with Gasteiger partial charge in [-0.3, -0.25) is 4.68 Å². The van der Waals surface area contributed by atoms with Gasteiger partial charge in [0.25, 0.3) is 0 Å². The Morgan fingerprint density at radius 1 is 1.60 bits per heavy atom. The van der Waals surface area contributed by atoms with Crippen LogP contribution in [0.15, 0.2) is 12.4 Å². The van der Waals surface area contributed by atoms with Crippen LogP contribution in [0, 0.1) is 0 Å². The molecule has 1 aromatic rings. The van der Waals surface area contributed by atoms with Gasteiger partial charge in [0.05, 0.1) is 18.8 Å². The zero-order valence-electron chi connectivity index (χ0n) is 9.06. The highest BCUT2D eigenvalue weighted by atomic mass is 16.5. The molecule has 4 nitrogen and oxygen atoms in total. The molecule has 0 saturated carbocycles. The highest BCUT2D eigenvalue weighted by Gasteiger charge is 2.16. The second-order valence-electron chi connectivity index (χ2n) is 4.10. The Balaban J connectivity index is 1.83. The summed E-state index contributed by atoms with van der Waals surface area (Å²) in [6.07, 6.45) is 8.83. The fourth-order valence-corrected chi connectivity index (χ4v) is 1.94. The van der Waals surface area contributed by atoms with Gasteiger partial charge in [-0.25, -0.2) is 0 Å². The SMILES string of the molecule is NCCCc1cnn(C[C@@H]2CCCO2)c1. The van der Waals surface area contributed by atoms with Gasteiger partial charge in [-0.2, -0.15) is 5.10 Å². The minimum atomic E-state index is 0.368. The van der Waals surface area contributed by atoms with Crippen LogP contribution in [0.1, 0.15) is 24.8 Å². The Labute approximate surface area is 90.4 Å². The standard InChI is InChI=1S/C11H19N3O/c12-5-1-3-10-7-13-14(8-10)9-11-4-2-6-15-11/h7-8,11H,1-6,9,12H2/t11-/m0/s1. The number of aromatic nitrogens is 2. The van der Waals surface area contributed by atoms with Crippen LogP contribution in [0.2, 0.25) is 0 Å². The first-order valence-electron chi connectivity index (χ1n) is 5.71. The van der Waals surface area contributed by atoms with Gasteiger partial charge in [-0.05, 0) is 37.8 Å². The third kappa shape index (κ3) is 3.04. The Morgan fingerprint density at radius 3 is 3.27 bits per heavy atom. The zero-order valence-corrected chi connectivity index (χ0v) is 9.06. The van der Waals surface area contributed by atoms with E-state index in [1.54, 1.807) is 0 Å². The van der Waals surface area contributed by atoms with Crippen molar-refractivity contribution in [2.45, 2.75) is 38.3 Å². The molecule has 0 aliphatic carbocycles. The summed E-state index contributed by atoms with van der Waals surface area (Å²) in [4.78, 5) is 0. The van der Waals surface area contributed by atoms with E-state index in [1.165, 1.54) is 12.0 Å². The number of ether oxygens (including phenoxy) is 1. The molecule has 15 heavy (non-hydrogen) atoms. The Hall–Kier alpha value is -0.870. The van der Waals surface area contributed by atoms with E-state index in [0.29, 0.717) is 6.10 Å². The minimum absolute atomic E-state index is 0.368. The number of rotatable bonds is 5. The predicted octanol–water partition coefficient (Wildman–Crippen LogP) is 0.953. The quantitative estimate of drug-likeness (QED) is 0.785. The smallest absolute Gasteiger partial charge is 0.0771 e. The van der Waals surface area contributed by atoms with Crippen LogP contribution in [-0.4, -0.2) is 29.0 Å². The zero-order chi connectivity index (χ0) is 10.5. The van der Waals surface area contributed by atoms with Gasteiger partial charge in [-0.1, -0.05) is 0 Å². The van der Waals surface area contributed by atoms with Crippen molar-refractivity contribution in [1.29, 1.82) is 0 Å². The summed E-state index contributed by atoms with van der Waals surface area (Å²) in [7, 11) is 0. The highest BCUT2D eigenvalue weighted by Crippen LogP contribution is 2.14. The molecule has 84 valence electrons. The van der Waals surface area contributed by atoms with Gasteiger partial charge in [0, 0.05) is 12.8 Å². The van der Waals surface area contributed by atoms with E-state index in [9.17, 15) is 0 Å². The molecule has 2 heterocycles. The van der Waals surface area contributed by atoms with Gasteiger partial charge in [0.1, 0.15) is 0 Å². The van der Waals surface area contributed by atoms with E-state index in [-0.39, 0.29) is 0 Å². The molecule has 1 aromatic heterocycles. The summed E-state index contributed by atoms with van der Waals surface area (Å²) in [5.41, 5.74) is 6.74. The summed E-state index contributed by atoms with van der Waals surface area (Å²) >= 11 is 0. The molecule has 0 spiro atoms.